The van der Waals surface area contributed by atoms with Crippen molar-refractivity contribution in [2.45, 2.75) is 52.0 Å². The molecule has 0 radical (unpaired) electrons. The second kappa shape index (κ2) is 5.57. The van der Waals surface area contributed by atoms with Crippen molar-refractivity contribution in [2.24, 2.45) is 5.41 Å². The fourth-order valence-electron chi connectivity index (χ4n) is 3.52. The average Bonchev–Trinajstić information content (AvgIpc) is 3.04. The van der Waals surface area contributed by atoms with Crippen LogP contribution in [0.25, 0.3) is 11.1 Å². The van der Waals surface area contributed by atoms with Gasteiger partial charge < -0.3 is 9.73 Å². The summed E-state index contributed by atoms with van der Waals surface area (Å²) in [5, 5.41) is 3.66. The van der Waals surface area contributed by atoms with Crippen LogP contribution in [-0.2, 0) is 6.42 Å². The molecule has 0 aliphatic heterocycles. The third-order valence-electron chi connectivity index (χ3n) is 4.75. The number of oxazole rings is 1. The van der Waals surface area contributed by atoms with E-state index in [2.05, 4.69) is 24.1 Å². The Labute approximate surface area is 120 Å². The Hall–Kier alpha value is -1.35. The summed E-state index contributed by atoms with van der Waals surface area (Å²) in [6.07, 6.45) is 6.21. The van der Waals surface area contributed by atoms with Crippen LogP contribution in [0.1, 0.15) is 45.4 Å². The van der Waals surface area contributed by atoms with E-state index in [4.69, 9.17) is 4.42 Å². The molecule has 3 heteroatoms. The van der Waals surface area contributed by atoms with E-state index >= 15 is 0 Å². The highest BCUT2D eigenvalue weighted by Gasteiger charge is 2.37. The largest absolute Gasteiger partial charge is 0.441 e. The van der Waals surface area contributed by atoms with Crippen molar-refractivity contribution in [3.05, 3.63) is 30.2 Å². The first-order valence-electron chi connectivity index (χ1n) is 7.79. The van der Waals surface area contributed by atoms with Crippen molar-refractivity contribution in [3.8, 4) is 0 Å². The van der Waals surface area contributed by atoms with Gasteiger partial charge in [0, 0.05) is 12.5 Å². The molecule has 1 atom stereocenters. The highest BCUT2D eigenvalue weighted by atomic mass is 16.3. The normalized spacial score (nSPS) is 19.5. The molecule has 1 aliphatic carbocycles. The zero-order valence-electron chi connectivity index (χ0n) is 12.5. The zero-order valence-corrected chi connectivity index (χ0v) is 12.5. The van der Waals surface area contributed by atoms with E-state index in [1.54, 1.807) is 0 Å². The van der Waals surface area contributed by atoms with Crippen LogP contribution < -0.4 is 5.32 Å². The van der Waals surface area contributed by atoms with Crippen LogP contribution >= 0.6 is 0 Å². The molecular weight excluding hydrogens is 248 g/mol. The van der Waals surface area contributed by atoms with Crippen LogP contribution in [0.3, 0.4) is 0 Å². The smallest absolute Gasteiger partial charge is 0.197 e. The molecule has 1 aromatic carbocycles. The first-order chi connectivity index (χ1) is 9.71. The van der Waals surface area contributed by atoms with Gasteiger partial charge in [0.1, 0.15) is 5.52 Å². The lowest BCUT2D eigenvalue weighted by molar-refractivity contribution is 0.213. The summed E-state index contributed by atoms with van der Waals surface area (Å²) in [4.78, 5) is 4.63. The predicted octanol–water partition coefficient (Wildman–Crippen LogP) is 3.93. The van der Waals surface area contributed by atoms with Crippen molar-refractivity contribution in [3.63, 3.8) is 0 Å². The third kappa shape index (κ3) is 2.59. The zero-order chi connectivity index (χ0) is 14.0. The lowest BCUT2D eigenvalue weighted by Gasteiger charge is -2.34. The summed E-state index contributed by atoms with van der Waals surface area (Å²) >= 11 is 0. The third-order valence-corrected chi connectivity index (χ3v) is 4.75. The van der Waals surface area contributed by atoms with Crippen LogP contribution in [0, 0.1) is 5.41 Å². The van der Waals surface area contributed by atoms with Crippen LogP contribution in [-0.4, -0.2) is 17.6 Å². The molecule has 1 fully saturated rings. The van der Waals surface area contributed by atoms with E-state index < -0.39 is 0 Å². The minimum absolute atomic E-state index is 0.386. The summed E-state index contributed by atoms with van der Waals surface area (Å²) in [5.74, 6) is 0.866. The average molecular weight is 272 g/mol. The molecule has 20 heavy (non-hydrogen) atoms. The Bertz CT molecular complexity index is 536. The number of nitrogens with one attached hydrogen (secondary N) is 1. The number of hydrogen-bond acceptors (Lipinski definition) is 3. The van der Waals surface area contributed by atoms with Crippen molar-refractivity contribution < 1.29 is 4.42 Å². The molecule has 1 heterocycles. The Balaban J connectivity index is 1.82. The van der Waals surface area contributed by atoms with Gasteiger partial charge in [0.2, 0.25) is 0 Å². The summed E-state index contributed by atoms with van der Waals surface area (Å²) < 4.78 is 5.90. The summed E-state index contributed by atoms with van der Waals surface area (Å²) in [7, 11) is 0. The van der Waals surface area contributed by atoms with E-state index in [1.165, 1.54) is 25.7 Å². The number of para-hydroxylation sites is 2. The number of fused-ring (bicyclic) bond motifs is 1. The summed E-state index contributed by atoms with van der Waals surface area (Å²) in [6, 6.07) is 8.47. The van der Waals surface area contributed by atoms with Gasteiger partial charge in [0.15, 0.2) is 11.5 Å². The number of aromatic nitrogens is 1. The molecule has 1 aliphatic rings. The van der Waals surface area contributed by atoms with Gasteiger partial charge in [0.25, 0.3) is 0 Å². The number of rotatable bonds is 5. The fraction of sp³-hybridized carbons (Fsp3) is 0.588. The molecule has 0 amide bonds. The Morgan fingerprint density at radius 2 is 2.05 bits per heavy atom. The summed E-state index contributed by atoms with van der Waals surface area (Å²) in [5.41, 5.74) is 2.25. The van der Waals surface area contributed by atoms with E-state index in [-0.39, 0.29) is 0 Å². The maximum atomic E-state index is 5.90. The highest BCUT2D eigenvalue weighted by molar-refractivity contribution is 5.72. The van der Waals surface area contributed by atoms with Crippen LogP contribution in [0.5, 0.6) is 0 Å². The first kappa shape index (κ1) is 13.6. The topological polar surface area (TPSA) is 38.1 Å². The van der Waals surface area contributed by atoms with Gasteiger partial charge in [-0.15, -0.1) is 0 Å². The standard InChI is InChI=1S/C17H24N2O/c1-3-18-15(17(2)10-6-7-11-17)12-16-19-13-8-4-5-9-14(13)20-16/h4-5,8-9,15,18H,3,6-7,10-12H2,1-2H3. The van der Waals surface area contributed by atoms with Crippen LogP contribution in [0.2, 0.25) is 0 Å². The maximum Gasteiger partial charge on any atom is 0.197 e. The molecule has 3 rings (SSSR count). The Morgan fingerprint density at radius 3 is 2.75 bits per heavy atom. The van der Waals surface area contributed by atoms with Crippen molar-refractivity contribution >= 4 is 11.1 Å². The number of likely N-dealkylation sites (N-methyl/N-ethyl adjacent to an activating group) is 1. The molecule has 0 spiro atoms. The maximum absolute atomic E-state index is 5.90. The summed E-state index contributed by atoms with van der Waals surface area (Å²) in [6.45, 7) is 5.59. The van der Waals surface area contributed by atoms with Gasteiger partial charge in [-0.3, -0.25) is 0 Å². The minimum Gasteiger partial charge on any atom is -0.441 e. The highest BCUT2D eigenvalue weighted by Crippen LogP contribution is 2.41. The van der Waals surface area contributed by atoms with E-state index in [9.17, 15) is 0 Å². The minimum atomic E-state index is 0.386. The molecule has 3 nitrogen and oxygen atoms in total. The second-order valence-electron chi connectivity index (χ2n) is 6.25. The van der Waals surface area contributed by atoms with Crippen LogP contribution in [0.4, 0.5) is 0 Å². The van der Waals surface area contributed by atoms with Crippen molar-refractivity contribution in [1.29, 1.82) is 0 Å². The van der Waals surface area contributed by atoms with E-state index in [0.717, 1.165) is 30.0 Å². The molecule has 1 N–H and O–H groups in total. The van der Waals surface area contributed by atoms with E-state index in [0.29, 0.717) is 11.5 Å². The Kier molecular flexibility index (Phi) is 3.79. The predicted molar refractivity (Wildman–Crippen MR) is 81.8 cm³/mol. The number of nitrogens with zero attached hydrogens (tertiary/aromatic N) is 1. The van der Waals surface area contributed by atoms with Crippen molar-refractivity contribution in [1.82, 2.24) is 10.3 Å². The first-order valence-corrected chi connectivity index (χ1v) is 7.79. The quantitative estimate of drug-likeness (QED) is 0.896. The molecule has 1 saturated carbocycles. The van der Waals surface area contributed by atoms with Gasteiger partial charge in [-0.25, -0.2) is 4.98 Å². The van der Waals surface area contributed by atoms with Gasteiger partial charge in [-0.1, -0.05) is 38.8 Å². The molecule has 2 aromatic rings. The fourth-order valence-corrected chi connectivity index (χ4v) is 3.52. The lowest BCUT2D eigenvalue weighted by Crippen LogP contribution is -2.43. The van der Waals surface area contributed by atoms with Gasteiger partial charge in [0.05, 0.1) is 0 Å². The van der Waals surface area contributed by atoms with Gasteiger partial charge in [-0.05, 0) is 36.9 Å². The molecular formula is C17H24N2O. The van der Waals surface area contributed by atoms with Crippen molar-refractivity contribution in [2.75, 3.05) is 6.54 Å². The molecule has 108 valence electrons. The van der Waals surface area contributed by atoms with Crippen LogP contribution in [0.15, 0.2) is 28.7 Å². The monoisotopic (exact) mass is 272 g/mol. The Morgan fingerprint density at radius 1 is 1.30 bits per heavy atom. The van der Waals surface area contributed by atoms with E-state index in [1.807, 2.05) is 24.3 Å². The lowest BCUT2D eigenvalue weighted by atomic mass is 9.79. The molecule has 0 bridgehead atoms. The SMILES string of the molecule is CCNC(Cc1nc2ccccc2o1)C1(C)CCCC1. The second-order valence-corrected chi connectivity index (χ2v) is 6.25. The molecule has 1 unspecified atom stereocenters. The molecule has 0 saturated heterocycles. The molecule has 1 aromatic heterocycles. The number of hydrogen-bond donors (Lipinski definition) is 1. The number of benzene rings is 1. The van der Waals surface area contributed by atoms with Gasteiger partial charge in [-0.2, -0.15) is 0 Å². The van der Waals surface area contributed by atoms with Gasteiger partial charge >= 0.3 is 0 Å².